The monoisotopic (exact) mass is 427 g/mol. The molecule has 5 nitrogen and oxygen atoms in total. The Kier molecular flexibility index (Phi) is 5.42. The van der Waals surface area contributed by atoms with Gasteiger partial charge in [-0.25, -0.2) is 12.8 Å². The number of aryl methyl sites for hydroxylation is 1. The van der Waals surface area contributed by atoms with Gasteiger partial charge in [-0.05, 0) is 50.6 Å². The highest BCUT2D eigenvalue weighted by atomic mass is 32.2. The zero-order valence-electron chi connectivity index (χ0n) is 17.3. The molecule has 0 radical (unpaired) electrons. The normalized spacial score (nSPS) is 19.8. The number of benzene rings is 3. The Bertz CT molecular complexity index is 1200. The first kappa shape index (κ1) is 20.6. The van der Waals surface area contributed by atoms with E-state index in [1.807, 2.05) is 30.3 Å². The van der Waals surface area contributed by atoms with Gasteiger partial charge in [-0.15, -0.1) is 0 Å². The van der Waals surface area contributed by atoms with Crippen LogP contribution >= 0.6 is 0 Å². The number of nitrogens with zero attached hydrogens (tertiary/aromatic N) is 1. The minimum Gasteiger partial charge on any atom is -0.365 e. The molecule has 0 saturated carbocycles. The molecule has 1 aliphatic rings. The Morgan fingerprint density at radius 1 is 1.07 bits per heavy atom. The molecule has 3 aromatic rings. The van der Waals surface area contributed by atoms with Gasteiger partial charge < -0.3 is 10.2 Å². The number of sulfonamides is 1. The van der Waals surface area contributed by atoms with Crippen molar-refractivity contribution in [2.45, 2.75) is 37.8 Å². The highest BCUT2D eigenvalue weighted by Gasteiger charge is 2.25. The van der Waals surface area contributed by atoms with Crippen LogP contribution in [0.25, 0.3) is 10.8 Å². The van der Waals surface area contributed by atoms with Crippen LogP contribution in [0.1, 0.15) is 19.4 Å². The lowest BCUT2D eigenvalue weighted by Crippen LogP contribution is -2.54. The molecular formula is C23H26FN3O2S. The third-order valence-electron chi connectivity index (χ3n) is 5.66. The summed E-state index contributed by atoms with van der Waals surface area (Å²) in [5.41, 5.74) is 2.05. The van der Waals surface area contributed by atoms with E-state index in [0.29, 0.717) is 23.3 Å². The maximum absolute atomic E-state index is 13.7. The van der Waals surface area contributed by atoms with Gasteiger partial charge in [0.05, 0.1) is 10.6 Å². The first-order valence-corrected chi connectivity index (χ1v) is 11.6. The van der Waals surface area contributed by atoms with Gasteiger partial charge in [0.1, 0.15) is 5.82 Å². The van der Waals surface area contributed by atoms with Crippen molar-refractivity contribution >= 4 is 32.2 Å². The van der Waals surface area contributed by atoms with E-state index in [1.165, 1.54) is 12.1 Å². The number of hydrogen-bond acceptors (Lipinski definition) is 4. The molecule has 0 aromatic heterocycles. The predicted molar refractivity (Wildman–Crippen MR) is 120 cm³/mol. The van der Waals surface area contributed by atoms with E-state index in [-0.39, 0.29) is 4.90 Å². The lowest BCUT2D eigenvalue weighted by molar-refractivity contribution is 0.426. The van der Waals surface area contributed by atoms with E-state index in [4.69, 9.17) is 0 Å². The summed E-state index contributed by atoms with van der Waals surface area (Å²) in [6, 6.07) is 16.0. The fourth-order valence-electron chi connectivity index (χ4n) is 4.04. The Labute approximate surface area is 177 Å². The van der Waals surface area contributed by atoms with Crippen molar-refractivity contribution in [1.82, 2.24) is 5.32 Å². The summed E-state index contributed by atoms with van der Waals surface area (Å²) in [5, 5.41) is 5.28. The maximum Gasteiger partial charge on any atom is 0.262 e. The molecule has 1 heterocycles. The highest BCUT2D eigenvalue weighted by Crippen LogP contribution is 2.35. The molecule has 2 atom stereocenters. The molecule has 3 aromatic carbocycles. The SMILES string of the molecule is Cc1ccc(F)cc1S(=O)(=O)Nc1ccc(N2C[C@H](C)NC[C@H]2C)c2ccccc12. The molecule has 0 unspecified atom stereocenters. The van der Waals surface area contributed by atoms with Gasteiger partial charge >= 0.3 is 0 Å². The summed E-state index contributed by atoms with van der Waals surface area (Å²) in [6.45, 7) is 7.76. The minimum atomic E-state index is -3.93. The van der Waals surface area contributed by atoms with E-state index in [1.54, 1.807) is 13.0 Å². The standard InChI is InChI=1S/C23H26FN3O2S/c1-15-8-9-18(24)12-23(15)30(28,29)26-21-10-11-22(20-7-5-4-6-19(20)21)27-14-16(2)25-13-17(27)3/h4-12,16-17,25-26H,13-14H2,1-3H3/t16-,17+/m0/s1. The second-order valence-electron chi connectivity index (χ2n) is 8.00. The van der Waals surface area contributed by atoms with Crippen LogP contribution in [0, 0.1) is 12.7 Å². The van der Waals surface area contributed by atoms with E-state index in [9.17, 15) is 12.8 Å². The summed E-state index contributed by atoms with van der Waals surface area (Å²) in [5.74, 6) is -0.581. The van der Waals surface area contributed by atoms with Crippen LogP contribution in [0.2, 0.25) is 0 Å². The third-order valence-corrected chi connectivity index (χ3v) is 7.17. The first-order chi connectivity index (χ1) is 14.3. The van der Waals surface area contributed by atoms with Crippen LogP contribution in [0.4, 0.5) is 15.8 Å². The van der Waals surface area contributed by atoms with Gasteiger partial charge in [-0.1, -0.05) is 30.3 Å². The molecule has 0 amide bonds. The third kappa shape index (κ3) is 3.87. The smallest absolute Gasteiger partial charge is 0.262 e. The Hall–Kier alpha value is -2.64. The molecule has 0 aliphatic carbocycles. The molecule has 1 aliphatic heterocycles. The number of anilines is 2. The number of fused-ring (bicyclic) bond motifs is 1. The fraction of sp³-hybridized carbons (Fsp3) is 0.304. The van der Waals surface area contributed by atoms with Gasteiger partial charge in [-0.3, -0.25) is 4.72 Å². The average molecular weight is 428 g/mol. The second-order valence-corrected chi connectivity index (χ2v) is 9.65. The summed E-state index contributed by atoms with van der Waals surface area (Å²) >= 11 is 0. The summed E-state index contributed by atoms with van der Waals surface area (Å²) in [6.07, 6.45) is 0. The van der Waals surface area contributed by atoms with Crippen LogP contribution in [-0.4, -0.2) is 33.6 Å². The van der Waals surface area contributed by atoms with Crippen molar-refractivity contribution in [3.63, 3.8) is 0 Å². The van der Waals surface area contributed by atoms with Gasteiger partial charge in [-0.2, -0.15) is 0 Å². The molecule has 30 heavy (non-hydrogen) atoms. The quantitative estimate of drug-likeness (QED) is 0.653. The number of rotatable bonds is 4. The molecule has 7 heteroatoms. The molecule has 0 spiro atoms. The van der Waals surface area contributed by atoms with Gasteiger partial charge in [0.2, 0.25) is 0 Å². The predicted octanol–water partition coefficient (Wildman–Crippen LogP) is 4.27. The summed E-state index contributed by atoms with van der Waals surface area (Å²) in [7, 11) is -3.93. The van der Waals surface area contributed by atoms with E-state index in [0.717, 1.165) is 35.6 Å². The number of nitrogens with one attached hydrogen (secondary N) is 2. The zero-order valence-corrected chi connectivity index (χ0v) is 18.1. The molecule has 158 valence electrons. The molecule has 0 bridgehead atoms. The molecule has 1 saturated heterocycles. The van der Waals surface area contributed by atoms with Crippen molar-refractivity contribution in [2.75, 3.05) is 22.7 Å². The molecule has 4 rings (SSSR count). The Balaban J connectivity index is 1.77. The molecule has 1 fully saturated rings. The minimum absolute atomic E-state index is 0.0554. The number of halogens is 1. The van der Waals surface area contributed by atoms with Crippen molar-refractivity contribution in [3.8, 4) is 0 Å². The topological polar surface area (TPSA) is 61.4 Å². The average Bonchev–Trinajstić information content (AvgIpc) is 2.72. The van der Waals surface area contributed by atoms with Crippen LogP contribution < -0.4 is 14.9 Å². The summed E-state index contributed by atoms with van der Waals surface area (Å²) < 4.78 is 42.4. The van der Waals surface area contributed by atoms with E-state index in [2.05, 4.69) is 28.8 Å². The fourth-order valence-corrected chi connectivity index (χ4v) is 5.38. The maximum atomic E-state index is 13.7. The van der Waals surface area contributed by atoms with Gasteiger partial charge in [0, 0.05) is 41.6 Å². The lowest BCUT2D eigenvalue weighted by Gasteiger charge is -2.40. The zero-order chi connectivity index (χ0) is 21.5. The second kappa shape index (κ2) is 7.89. The van der Waals surface area contributed by atoms with Crippen LogP contribution in [0.5, 0.6) is 0 Å². The molecular weight excluding hydrogens is 401 g/mol. The van der Waals surface area contributed by atoms with Crippen LogP contribution in [0.3, 0.4) is 0 Å². The Morgan fingerprint density at radius 3 is 2.57 bits per heavy atom. The number of hydrogen-bond donors (Lipinski definition) is 2. The van der Waals surface area contributed by atoms with Crippen molar-refractivity contribution in [2.24, 2.45) is 0 Å². The Morgan fingerprint density at radius 2 is 1.80 bits per heavy atom. The van der Waals surface area contributed by atoms with E-state index < -0.39 is 15.8 Å². The van der Waals surface area contributed by atoms with Crippen molar-refractivity contribution in [1.29, 1.82) is 0 Å². The number of piperazine rings is 1. The lowest BCUT2D eigenvalue weighted by atomic mass is 10.0. The van der Waals surface area contributed by atoms with E-state index >= 15 is 0 Å². The van der Waals surface area contributed by atoms with Crippen molar-refractivity contribution in [3.05, 3.63) is 66.0 Å². The van der Waals surface area contributed by atoms with Crippen LogP contribution in [0.15, 0.2) is 59.5 Å². The first-order valence-electron chi connectivity index (χ1n) is 10.1. The molecule has 2 N–H and O–H groups in total. The summed E-state index contributed by atoms with van der Waals surface area (Å²) in [4.78, 5) is 2.30. The van der Waals surface area contributed by atoms with Crippen LogP contribution in [-0.2, 0) is 10.0 Å². The van der Waals surface area contributed by atoms with Gasteiger partial charge in [0.15, 0.2) is 0 Å². The van der Waals surface area contributed by atoms with Crippen molar-refractivity contribution < 1.29 is 12.8 Å². The largest absolute Gasteiger partial charge is 0.365 e. The van der Waals surface area contributed by atoms with Gasteiger partial charge in [0.25, 0.3) is 10.0 Å². The highest BCUT2D eigenvalue weighted by molar-refractivity contribution is 7.92.